The number of nitrogens with zero attached hydrogens (tertiary/aromatic N) is 4. The van der Waals surface area contributed by atoms with Crippen molar-refractivity contribution >= 4 is 23.1 Å². The van der Waals surface area contributed by atoms with E-state index < -0.39 is 0 Å². The molecule has 3 aromatic rings. The molecule has 0 saturated heterocycles. The molecule has 6 nitrogen and oxygen atoms in total. The van der Waals surface area contributed by atoms with Crippen molar-refractivity contribution < 1.29 is 9.53 Å². The van der Waals surface area contributed by atoms with Crippen molar-refractivity contribution in [2.24, 2.45) is 10.2 Å². The number of azo groups is 1. The number of esters is 1. The zero-order valence-electron chi connectivity index (χ0n) is 15.6. The second-order valence-corrected chi connectivity index (χ2v) is 7.21. The summed E-state index contributed by atoms with van der Waals surface area (Å²) in [4.78, 5) is 16.2. The zero-order valence-corrected chi connectivity index (χ0v) is 15.6. The van der Waals surface area contributed by atoms with Crippen LogP contribution in [0.4, 0.5) is 11.5 Å². The molecule has 0 fully saturated rings. The van der Waals surface area contributed by atoms with E-state index in [0.717, 1.165) is 16.9 Å². The third-order valence-electron chi connectivity index (χ3n) is 4.00. The number of aryl methyl sites for hydroxylation is 1. The number of benzene rings is 1. The monoisotopic (exact) mass is 350 g/mol. The number of pyridine rings is 1. The summed E-state index contributed by atoms with van der Waals surface area (Å²) in [7, 11) is 1.36. The summed E-state index contributed by atoms with van der Waals surface area (Å²) in [6.07, 6.45) is 2.01. The second kappa shape index (κ2) is 6.71. The van der Waals surface area contributed by atoms with Gasteiger partial charge in [-0.25, -0.2) is 9.78 Å². The third kappa shape index (κ3) is 3.49. The van der Waals surface area contributed by atoms with Gasteiger partial charge in [-0.15, -0.1) is 10.2 Å². The van der Waals surface area contributed by atoms with Crippen LogP contribution in [0.25, 0.3) is 5.65 Å². The molecule has 0 unspecified atom stereocenters. The number of imidazole rings is 1. The van der Waals surface area contributed by atoms with Crippen molar-refractivity contribution in [1.29, 1.82) is 0 Å². The van der Waals surface area contributed by atoms with Crippen LogP contribution in [0.1, 0.15) is 42.4 Å². The molecule has 0 spiro atoms. The largest absolute Gasteiger partial charge is 0.465 e. The van der Waals surface area contributed by atoms with E-state index in [1.165, 1.54) is 7.11 Å². The van der Waals surface area contributed by atoms with Gasteiger partial charge < -0.3 is 4.74 Å². The molecule has 0 saturated carbocycles. The van der Waals surface area contributed by atoms with E-state index in [1.54, 1.807) is 24.3 Å². The standard InChI is InChI=1S/C20H22N4O2/c1-13-6-11-16-21-17(20(2,3)4)18(24(16)12-13)23-22-15-9-7-14(8-10-15)19(25)26-5/h6-12H,1-5H3. The summed E-state index contributed by atoms with van der Waals surface area (Å²) >= 11 is 0. The van der Waals surface area contributed by atoms with Gasteiger partial charge in [0.25, 0.3) is 0 Å². The van der Waals surface area contributed by atoms with Crippen LogP contribution >= 0.6 is 0 Å². The predicted molar refractivity (Wildman–Crippen MR) is 101 cm³/mol. The lowest BCUT2D eigenvalue weighted by molar-refractivity contribution is 0.0601. The van der Waals surface area contributed by atoms with Crippen molar-refractivity contribution in [3.05, 3.63) is 59.4 Å². The number of carbonyl (C=O) groups is 1. The van der Waals surface area contributed by atoms with Gasteiger partial charge in [-0.05, 0) is 42.8 Å². The lowest BCUT2D eigenvalue weighted by Gasteiger charge is -2.15. The Kier molecular flexibility index (Phi) is 4.59. The Morgan fingerprint density at radius 3 is 2.38 bits per heavy atom. The Morgan fingerprint density at radius 1 is 1.08 bits per heavy atom. The highest BCUT2D eigenvalue weighted by Crippen LogP contribution is 2.33. The minimum atomic E-state index is -0.374. The summed E-state index contributed by atoms with van der Waals surface area (Å²) in [5.41, 5.74) is 3.82. The van der Waals surface area contributed by atoms with Crippen molar-refractivity contribution in [1.82, 2.24) is 9.38 Å². The van der Waals surface area contributed by atoms with Gasteiger partial charge in [0.15, 0.2) is 5.82 Å². The summed E-state index contributed by atoms with van der Waals surface area (Å²) < 4.78 is 6.66. The number of fused-ring (bicyclic) bond motifs is 1. The summed E-state index contributed by atoms with van der Waals surface area (Å²) in [6.45, 7) is 8.34. The van der Waals surface area contributed by atoms with Crippen LogP contribution in [0.3, 0.4) is 0 Å². The van der Waals surface area contributed by atoms with E-state index in [1.807, 2.05) is 29.7 Å². The molecular weight excluding hydrogens is 328 g/mol. The van der Waals surface area contributed by atoms with Gasteiger partial charge in [0, 0.05) is 11.6 Å². The van der Waals surface area contributed by atoms with Gasteiger partial charge >= 0.3 is 5.97 Å². The van der Waals surface area contributed by atoms with Gasteiger partial charge in [0.1, 0.15) is 5.65 Å². The van der Waals surface area contributed by atoms with E-state index in [2.05, 4.69) is 31.0 Å². The quantitative estimate of drug-likeness (QED) is 0.485. The highest BCUT2D eigenvalue weighted by Gasteiger charge is 2.24. The Labute approximate surface area is 152 Å². The van der Waals surface area contributed by atoms with Crippen molar-refractivity contribution in [3.63, 3.8) is 0 Å². The second-order valence-electron chi connectivity index (χ2n) is 7.21. The lowest BCUT2D eigenvalue weighted by atomic mass is 9.92. The van der Waals surface area contributed by atoms with E-state index in [4.69, 9.17) is 9.72 Å². The fourth-order valence-corrected chi connectivity index (χ4v) is 2.62. The number of carbonyl (C=O) groups excluding carboxylic acids is 1. The third-order valence-corrected chi connectivity index (χ3v) is 4.00. The maximum atomic E-state index is 11.5. The Bertz CT molecular complexity index is 979. The number of aromatic nitrogens is 2. The molecule has 3 rings (SSSR count). The molecule has 0 aliphatic carbocycles. The van der Waals surface area contributed by atoms with Gasteiger partial charge in [0.05, 0.1) is 24.1 Å². The lowest BCUT2D eigenvalue weighted by Crippen LogP contribution is -2.11. The molecule has 0 radical (unpaired) electrons. The van der Waals surface area contributed by atoms with Crippen LogP contribution in [0.15, 0.2) is 52.8 Å². The minimum Gasteiger partial charge on any atom is -0.465 e. The van der Waals surface area contributed by atoms with Gasteiger partial charge in [0.2, 0.25) is 0 Å². The molecule has 2 heterocycles. The van der Waals surface area contributed by atoms with Crippen LogP contribution < -0.4 is 0 Å². The van der Waals surface area contributed by atoms with Crippen molar-refractivity contribution in [3.8, 4) is 0 Å². The number of ether oxygens (including phenoxy) is 1. The SMILES string of the molecule is COC(=O)c1ccc(N=Nc2c(C(C)(C)C)nc3ccc(C)cn23)cc1. The van der Waals surface area contributed by atoms with Crippen LogP contribution in [0, 0.1) is 6.92 Å². The fraction of sp³-hybridized carbons (Fsp3) is 0.300. The predicted octanol–water partition coefficient (Wildman–Crippen LogP) is 5.14. The molecule has 0 aliphatic rings. The van der Waals surface area contributed by atoms with E-state index in [-0.39, 0.29) is 11.4 Å². The smallest absolute Gasteiger partial charge is 0.337 e. The van der Waals surface area contributed by atoms with Crippen molar-refractivity contribution in [2.45, 2.75) is 33.1 Å². The molecule has 6 heteroatoms. The van der Waals surface area contributed by atoms with Gasteiger partial charge in [-0.2, -0.15) is 0 Å². The average molecular weight is 350 g/mol. The number of rotatable bonds is 3. The normalized spacial score (nSPS) is 12.0. The van der Waals surface area contributed by atoms with E-state index >= 15 is 0 Å². The van der Waals surface area contributed by atoms with Crippen molar-refractivity contribution in [2.75, 3.05) is 7.11 Å². The molecule has 1 aromatic carbocycles. The van der Waals surface area contributed by atoms with E-state index in [0.29, 0.717) is 17.1 Å². The first-order valence-corrected chi connectivity index (χ1v) is 8.39. The molecule has 0 amide bonds. The van der Waals surface area contributed by atoms with Crippen LogP contribution in [0.2, 0.25) is 0 Å². The van der Waals surface area contributed by atoms with Gasteiger partial charge in [-0.1, -0.05) is 26.8 Å². The molecular formula is C20H22N4O2. The first-order chi connectivity index (χ1) is 12.3. The van der Waals surface area contributed by atoms with Crippen LogP contribution in [0.5, 0.6) is 0 Å². The molecule has 26 heavy (non-hydrogen) atoms. The maximum absolute atomic E-state index is 11.5. The summed E-state index contributed by atoms with van der Waals surface area (Å²) in [5, 5.41) is 8.82. The number of hydrogen-bond acceptors (Lipinski definition) is 5. The topological polar surface area (TPSA) is 68.3 Å². The fourth-order valence-electron chi connectivity index (χ4n) is 2.62. The zero-order chi connectivity index (χ0) is 18.9. The molecule has 0 atom stereocenters. The highest BCUT2D eigenvalue weighted by molar-refractivity contribution is 5.89. The van der Waals surface area contributed by atoms with Crippen LogP contribution in [-0.4, -0.2) is 22.5 Å². The maximum Gasteiger partial charge on any atom is 0.337 e. The Balaban J connectivity index is 2.03. The number of methoxy groups -OCH3 is 1. The first kappa shape index (κ1) is 17.8. The number of hydrogen-bond donors (Lipinski definition) is 0. The summed E-state index contributed by atoms with van der Waals surface area (Å²) in [5.74, 6) is 0.342. The summed E-state index contributed by atoms with van der Waals surface area (Å²) in [6, 6.07) is 10.8. The molecule has 134 valence electrons. The molecule has 2 aromatic heterocycles. The van der Waals surface area contributed by atoms with Gasteiger partial charge in [-0.3, -0.25) is 4.40 Å². The highest BCUT2D eigenvalue weighted by atomic mass is 16.5. The molecule has 0 bridgehead atoms. The Morgan fingerprint density at radius 2 is 1.77 bits per heavy atom. The molecule has 0 aliphatic heterocycles. The first-order valence-electron chi connectivity index (χ1n) is 8.39. The average Bonchev–Trinajstić information content (AvgIpc) is 2.98. The van der Waals surface area contributed by atoms with E-state index in [9.17, 15) is 4.79 Å². The van der Waals surface area contributed by atoms with Crippen LogP contribution in [-0.2, 0) is 10.2 Å². The minimum absolute atomic E-state index is 0.164. The Hall–Kier alpha value is -3.02. The molecule has 0 N–H and O–H groups in total.